The van der Waals surface area contributed by atoms with Crippen LogP contribution in [0.3, 0.4) is 0 Å². The lowest BCUT2D eigenvalue weighted by molar-refractivity contribution is 1.35. The van der Waals surface area contributed by atoms with Crippen LogP contribution in [-0.2, 0) is 0 Å². The summed E-state index contributed by atoms with van der Waals surface area (Å²) in [5.74, 6) is 0. The summed E-state index contributed by atoms with van der Waals surface area (Å²) in [6.45, 7) is 42.9. The van der Waals surface area contributed by atoms with E-state index in [4.69, 9.17) is 0 Å². The van der Waals surface area contributed by atoms with Crippen molar-refractivity contribution in [3.05, 3.63) is 135 Å². The van der Waals surface area contributed by atoms with Crippen molar-refractivity contribution >= 4 is 0 Å². The molecule has 0 spiro atoms. The van der Waals surface area contributed by atoms with Crippen molar-refractivity contribution in [2.24, 2.45) is 0 Å². The molecule has 22 heavy (non-hydrogen) atoms. The molecule has 0 aliphatic carbocycles. The summed E-state index contributed by atoms with van der Waals surface area (Å²) in [6.07, 6.45) is 3.24. The fourth-order valence-electron chi connectivity index (χ4n) is 1.54. The number of hydrogen-bond acceptors (Lipinski definition) is 0. The molecular weight excluding hydrogens is 264 g/mol. The fourth-order valence-corrected chi connectivity index (χ4v) is 1.54. The van der Waals surface area contributed by atoms with E-state index < -0.39 is 0 Å². The lowest BCUT2D eigenvalue weighted by atomic mass is 9.85. The molecule has 0 bridgehead atoms. The van der Waals surface area contributed by atoms with Crippen molar-refractivity contribution in [3.63, 3.8) is 0 Å². The lowest BCUT2D eigenvalue weighted by Gasteiger charge is -2.19. The zero-order valence-corrected chi connectivity index (χ0v) is 13.4. The van der Waals surface area contributed by atoms with E-state index in [1.165, 1.54) is 0 Å². The Morgan fingerprint density at radius 3 is 0.727 bits per heavy atom. The average molecular weight is 288 g/mol. The van der Waals surface area contributed by atoms with Crippen LogP contribution < -0.4 is 0 Å². The van der Waals surface area contributed by atoms with E-state index in [0.717, 1.165) is 0 Å². The second-order valence-corrected chi connectivity index (χ2v) is 4.81. The number of hydrogen-bond donors (Lipinski definition) is 0. The normalized spacial score (nSPS) is 9.09. The molecule has 0 fully saturated rings. The van der Waals surface area contributed by atoms with Crippen LogP contribution in [0.25, 0.3) is 0 Å². The Morgan fingerprint density at radius 1 is 0.364 bits per heavy atom. The van der Waals surface area contributed by atoms with Crippen LogP contribution in [0.1, 0.15) is 0 Å². The van der Waals surface area contributed by atoms with Gasteiger partial charge in [0.05, 0.1) is 0 Å². The highest BCUT2D eigenvalue weighted by molar-refractivity contribution is 5.69. The molecule has 0 nitrogen and oxygen atoms in total. The first-order valence-corrected chi connectivity index (χ1v) is 6.58. The molecule has 0 heteroatoms. The van der Waals surface area contributed by atoms with E-state index in [1.54, 1.807) is 12.2 Å². The molecule has 0 saturated heterocycles. The van der Waals surface area contributed by atoms with Crippen molar-refractivity contribution in [1.29, 1.82) is 0 Å². The topological polar surface area (TPSA) is 0 Å². The Hall–Kier alpha value is -2.86. The van der Waals surface area contributed by atoms with Crippen LogP contribution in [0, 0.1) is 0 Å². The molecule has 0 N–H and O–H groups in total. The summed E-state index contributed by atoms with van der Waals surface area (Å²) < 4.78 is 0. The van der Waals surface area contributed by atoms with Crippen molar-refractivity contribution in [1.82, 2.24) is 0 Å². The minimum absolute atomic E-state index is 0.617. The van der Waals surface area contributed by atoms with Crippen molar-refractivity contribution in [2.75, 3.05) is 0 Å². The molecule has 0 aliphatic rings. The van der Waals surface area contributed by atoms with E-state index in [2.05, 4.69) is 72.4 Å². The lowest BCUT2D eigenvalue weighted by Crippen LogP contribution is -2.01. The van der Waals surface area contributed by atoms with E-state index >= 15 is 0 Å². The molecule has 0 unspecified atom stereocenters. The first-order valence-electron chi connectivity index (χ1n) is 6.58. The molecule has 0 aromatic heterocycles. The van der Waals surface area contributed by atoms with Crippen molar-refractivity contribution in [3.8, 4) is 0 Å². The quantitative estimate of drug-likeness (QED) is 0.410. The van der Waals surface area contributed by atoms with Crippen LogP contribution >= 0.6 is 0 Å². The van der Waals surface area contributed by atoms with Crippen LogP contribution in [-0.4, -0.2) is 0 Å². The third-order valence-corrected chi connectivity index (χ3v) is 3.45. The van der Waals surface area contributed by atoms with Gasteiger partial charge in [0.2, 0.25) is 0 Å². The van der Waals surface area contributed by atoms with Crippen molar-refractivity contribution < 1.29 is 0 Å². The van der Waals surface area contributed by atoms with Crippen LogP contribution in [0.15, 0.2) is 135 Å². The van der Waals surface area contributed by atoms with Gasteiger partial charge >= 0.3 is 0 Å². The van der Waals surface area contributed by atoms with Gasteiger partial charge in [-0.1, -0.05) is 84.5 Å². The maximum absolute atomic E-state index is 4.02. The highest BCUT2D eigenvalue weighted by atomic mass is 14.2. The van der Waals surface area contributed by atoms with Gasteiger partial charge in [-0.05, 0) is 50.2 Å². The first kappa shape index (κ1) is 19.1. The van der Waals surface area contributed by atoms with Gasteiger partial charge in [-0.15, -0.1) is 0 Å². The largest absolute Gasteiger partial charge is 0.0985 e. The maximum atomic E-state index is 4.02. The Labute approximate surface area is 135 Å². The monoisotopic (exact) mass is 288 g/mol. The smallest absolute Gasteiger partial charge is 0.0183 e. The van der Waals surface area contributed by atoms with Gasteiger partial charge in [0.15, 0.2) is 0 Å². The highest BCUT2D eigenvalue weighted by Gasteiger charge is 2.15. The molecule has 0 saturated carbocycles. The summed E-state index contributed by atoms with van der Waals surface area (Å²) in [5.41, 5.74) is 5.83. The molecule has 0 atom stereocenters. The molecule has 0 aromatic carbocycles. The minimum atomic E-state index is 0.617. The summed E-state index contributed by atoms with van der Waals surface area (Å²) in [6, 6.07) is 0. The molecular formula is C22H24. The molecule has 0 amide bonds. The Morgan fingerprint density at radius 2 is 0.545 bits per heavy atom. The molecule has 0 aromatic rings. The number of rotatable bonds is 10. The van der Waals surface area contributed by atoms with Crippen LogP contribution in [0.4, 0.5) is 0 Å². The molecule has 112 valence electrons. The summed E-state index contributed by atoms with van der Waals surface area (Å²) in [5, 5.41) is 0. The zero-order chi connectivity index (χ0) is 17.6. The second kappa shape index (κ2) is 7.80. The van der Waals surface area contributed by atoms with Gasteiger partial charge in [0.1, 0.15) is 0 Å². The molecule has 0 rings (SSSR count). The Bertz CT molecular complexity index is 611. The standard InChI is InChI=1S/C22H24/c1-12-14(3)16(5)18(7)20(9)22(11)21(10)19(8)17(6)15(4)13-2/h12-13H,1-11H2. The minimum Gasteiger partial charge on any atom is -0.0985 e. The van der Waals surface area contributed by atoms with Crippen LogP contribution in [0.2, 0.25) is 0 Å². The van der Waals surface area contributed by atoms with Gasteiger partial charge in [0, 0.05) is 0 Å². The van der Waals surface area contributed by atoms with E-state index in [9.17, 15) is 0 Å². The predicted octanol–water partition coefficient (Wildman–Crippen LogP) is 6.36. The molecule has 0 heterocycles. The van der Waals surface area contributed by atoms with E-state index in [0.29, 0.717) is 50.2 Å². The summed E-state index contributed by atoms with van der Waals surface area (Å²) >= 11 is 0. The van der Waals surface area contributed by atoms with Crippen LogP contribution in [0.5, 0.6) is 0 Å². The predicted molar refractivity (Wildman–Crippen MR) is 103 cm³/mol. The number of allylic oxidation sites excluding steroid dienone is 11. The van der Waals surface area contributed by atoms with E-state index in [-0.39, 0.29) is 0 Å². The van der Waals surface area contributed by atoms with Gasteiger partial charge < -0.3 is 0 Å². The fraction of sp³-hybridized carbons (Fsp3) is 0. The van der Waals surface area contributed by atoms with Gasteiger partial charge in [0.25, 0.3) is 0 Å². The SMILES string of the molecule is C=CC(=C)C(=C)C(=C)C(=C)C(=C)C(=C)C(=C)C(=C)C(=C)C=C. The molecule has 0 radical (unpaired) electrons. The summed E-state index contributed by atoms with van der Waals surface area (Å²) in [4.78, 5) is 0. The Balaban J connectivity index is 5.28. The second-order valence-electron chi connectivity index (χ2n) is 4.81. The average Bonchev–Trinajstić information content (AvgIpc) is 2.55. The molecule has 0 aliphatic heterocycles. The summed E-state index contributed by atoms with van der Waals surface area (Å²) in [7, 11) is 0. The third kappa shape index (κ3) is 4.07. The van der Waals surface area contributed by atoms with Gasteiger partial charge in [-0.2, -0.15) is 0 Å². The third-order valence-electron chi connectivity index (χ3n) is 3.45. The highest BCUT2D eigenvalue weighted by Crippen LogP contribution is 2.33. The Kier molecular flexibility index (Phi) is 6.79. The van der Waals surface area contributed by atoms with Gasteiger partial charge in [-0.3, -0.25) is 0 Å². The maximum Gasteiger partial charge on any atom is -0.0183 e. The first-order chi connectivity index (χ1) is 10.1. The van der Waals surface area contributed by atoms with Crippen molar-refractivity contribution in [2.45, 2.75) is 0 Å². The zero-order valence-electron chi connectivity index (χ0n) is 13.4. The van der Waals surface area contributed by atoms with E-state index in [1.807, 2.05) is 0 Å². The van der Waals surface area contributed by atoms with Gasteiger partial charge in [-0.25, -0.2) is 0 Å².